The van der Waals surface area contributed by atoms with Crippen molar-refractivity contribution in [3.63, 3.8) is 0 Å². The highest BCUT2D eigenvalue weighted by atomic mass is 32.2. The molecule has 1 saturated carbocycles. The molecule has 2 aromatic rings. The van der Waals surface area contributed by atoms with Crippen LogP contribution < -0.4 is 14.8 Å². The van der Waals surface area contributed by atoms with Crippen LogP contribution in [0, 0.1) is 13.8 Å². The third-order valence-electron chi connectivity index (χ3n) is 4.93. The molecule has 1 aliphatic rings. The summed E-state index contributed by atoms with van der Waals surface area (Å²) in [6, 6.07) is 7.09. The number of rotatable bonds is 6. The van der Waals surface area contributed by atoms with Gasteiger partial charge in [0.25, 0.3) is 10.0 Å². The third-order valence-corrected chi connectivity index (χ3v) is 6.31. The zero-order valence-corrected chi connectivity index (χ0v) is 16.8. The second kappa shape index (κ2) is 8.12. The van der Waals surface area contributed by atoms with Gasteiger partial charge in [-0.1, -0.05) is 19.3 Å². The van der Waals surface area contributed by atoms with Crippen molar-refractivity contribution in [3.05, 3.63) is 35.4 Å². The number of anilines is 2. The summed E-state index contributed by atoms with van der Waals surface area (Å²) in [5.41, 5.74) is 1.83. The monoisotopic (exact) mass is 390 g/mol. The van der Waals surface area contributed by atoms with E-state index in [4.69, 9.17) is 4.74 Å². The molecule has 1 aromatic carbocycles. The molecule has 0 amide bonds. The number of nitrogens with one attached hydrogen (secondary N) is 2. The fraction of sp³-hybridized carbons (Fsp3) is 0.474. The van der Waals surface area contributed by atoms with Crippen LogP contribution in [0.2, 0.25) is 0 Å². The van der Waals surface area contributed by atoms with Gasteiger partial charge in [-0.25, -0.2) is 8.42 Å². The number of aryl methyl sites for hydroxylation is 2. The number of nitrogens with zero attached hydrogens (tertiary/aromatic N) is 2. The average molecular weight is 391 g/mol. The molecule has 146 valence electrons. The molecule has 0 aliphatic heterocycles. The Balaban J connectivity index is 1.75. The van der Waals surface area contributed by atoms with Crippen LogP contribution in [0.5, 0.6) is 5.75 Å². The number of aromatic nitrogens is 2. The summed E-state index contributed by atoms with van der Waals surface area (Å²) < 4.78 is 33.3. The lowest BCUT2D eigenvalue weighted by Crippen LogP contribution is -2.23. The summed E-state index contributed by atoms with van der Waals surface area (Å²) in [7, 11) is -2.38. The van der Waals surface area contributed by atoms with E-state index in [1.165, 1.54) is 26.4 Å². The van der Waals surface area contributed by atoms with E-state index in [2.05, 4.69) is 20.2 Å². The molecular formula is C19H26N4O3S. The largest absolute Gasteiger partial charge is 0.495 e. The summed E-state index contributed by atoms with van der Waals surface area (Å²) in [6.07, 6.45) is 5.99. The SMILES string of the molecule is COc1cc(C)c(C)cc1S(=O)(=O)Nc1ccc(NC2CCCCC2)nn1. The summed E-state index contributed by atoms with van der Waals surface area (Å²) in [4.78, 5) is 0.0827. The van der Waals surface area contributed by atoms with Crippen LogP contribution in [0.3, 0.4) is 0 Å². The Morgan fingerprint density at radius 3 is 2.26 bits per heavy atom. The van der Waals surface area contributed by atoms with Crippen molar-refractivity contribution in [1.82, 2.24) is 10.2 Å². The fourth-order valence-electron chi connectivity index (χ4n) is 3.25. The maximum atomic E-state index is 12.8. The van der Waals surface area contributed by atoms with Crippen molar-refractivity contribution in [2.45, 2.75) is 56.9 Å². The molecule has 0 radical (unpaired) electrons. The van der Waals surface area contributed by atoms with E-state index in [1.54, 1.807) is 24.3 Å². The van der Waals surface area contributed by atoms with Gasteiger partial charge in [-0.05, 0) is 62.1 Å². The van der Waals surface area contributed by atoms with Crippen LogP contribution >= 0.6 is 0 Å². The summed E-state index contributed by atoms with van der Waals surface area (Å²) in [5.74, 6) is 1.13. The van der Waals surface area contributed by atoms with E-state index in [-0.39, 0.29) is 10.7 Å². The van der Waals surface area contributed by atoms with E-state index in [0.717, 1.165) is 24.0 Å². The van der Waals surface area contributed by atoms with Gasteiger partial charge < -0.3 is 10.1 Å². The van der Waals surface area contributed by atoms with Crippen molar-refractivity contribution in [3.8, 4) is 5.75 Å². The number of hydrogen-bond donors (Lipinski definition) is 2. The Kier molecular flexibility index (Phi) is 5.84. The Labute approximate surface area is 160 Å². The van der Waals surface area contributed by atoms with Gasteiger partial charge in [0.1, 0.15) is 16.5 Å². The summed E-state index contributed by atoms with van der Waals surface area (Å²) in [5, 5.41) is 11.5. The number of methoxy groups -OCH3 is 1. The van der Waals surface area contributed by atoms with Gasteiger partial charge in [0.05, 0.1) is 7.11 Å². The molecule has 0 atom stereocenters. The normalized spacial score (nSPS) is 15.4. The van der Waals surface area contributed by atoms with Crippen molar-refractivity contribution in [2.75, 3.05) is 17.1 Å². The molecule has 3 rings (SSSR count). The standard InChI is InChI=1S/C19H26N4O3S/c1-13-11-16(26-3)17(12-14(13)2)27(24,25)23-19-10-9-18(21-22-19)20-15-7-5-4-6-8-15/h9-12,15H,4-8H2,1-3H3,(H,20,21)(H,22,23). The molecular weight excluding hydrogens is 364 g/mol. The molecule has 2 N–H and O–H groups in total. The summed E-state index contributed by atoms with van der Waals surface area (Å²) >= 11 is 0. The maximum absolute atomic E-state index is 12.8. The molecule has 0 bridgehead atoms. The lowest BCUT2D eigenvalue weighted by Gasteiger charge is -2.22. The average Bonchev–Trinajstić information content (AvgIpc) is 2.65. The van der Waals surface area contributed by atoms with Gasteiger partial charge in [-0.3, -0.25) is 4.72 Å². The highest BCUT2D eigenvalue weighted by Crippen LogP contribution is 2.28. The zero-order chi connectivity index (χ0) is 19.4. The first-order chi connectivity index (χ1) is 12.9. The van der Waals surface area contributed by atoms with Gasteiger partial charge in [-0.15, -0.1) is 10.2 Å². The van der Waals surface area contributed by atoms with E-state index >= 15 is 0 Å². The molecule has 1 aliphatic carbocycles. The predicted molar refractivity (Wildman–Crippen MR) is 106 cm³/mol. The minimum absolute atomic E-state index is 0.0827. The third kappa shape index (κ3) is 4.68. The van der Waals surface area contributed by atoms with E-state index < -0.39 is 10.0 Å². The topological polar surface area (TPSA) is 93.2 Å². The van der Waals surface area contributed by atoms with E-state index in [1.807, 2.05) is 13.8 Å². The second-order valence-corrected chi connectivity index (χ2v) is 8.63. The molecule has 1 heterocycles. The minimum Gasteiger partial charge on any atom is -0.495 e. The first-order valence-electron chi connectivity index (χ1n) is 9.17. The Hall–Kier alpha value is -2.35. The second-order valence-electron chi connectivity index (χ2n) is 6.98. The van der Waals surface area contributed by atoms with Gasteiger partial charge in [0.2, 0.25) is 0 Å². The van der Waals surface area contributed by atoms with Crippen molar-refractivity contribution < 1.29 is 13.2 Å². The van der Waals surface area contributed by atoms with E-state index in [0.29, 0.717) is 17.6 Å². The molecule has 1 fully saturated rings. The lowest BCUT2D eigenvalue weighted by atomic mass is 9.95. The van der Waals surface area contributed by atoms with Crippen LogP contribution in [0.4, 0.5) is 11.6 Å². The van der Waals surface area contributed by atoms with Crippen molar-refractivity contribution >= 4 is 21.7 Å². The van der Waals surface area contributed by atoms with E-state index in [9.17, 15) is 8.42 Å². The first-order valence-corrected chi connectivity index (χ1v) is 10.7. The van der Waals surface area contributed by atoms with Crippen LogP contribution in [0.25, 0.3) is 0 Å². The predicted octanol–water partition coefficient (Wildman–Crippen LogP) is 3.65. The highest BCUT2D eigenvalue weighted by molar-refractivity contribution is 7.92. The number of hydrogen-bond acceptors (Lipinski definition) is 6. The van der Waals surface area contributed by atoms with Gasteiger partial charge in [0.15, 0.2) is 5.82 Å². The molecule has 0 unspecified atom stereocenters. The zero-order valence-electron chi connectivity index (χ0n) is 15.9. The minimum atomic E-state index is -3.83. The molecule has 0 spiro atoms. The quantitative estimate of drug-likeness (QED) is 0.782. The fourth-order valence-corrected chi connectivity index (χ4v) is 4.48. The van der Waals surface area contributed by atoms with Crippen LogP contribution in [0.15, 0.2) is 29.2 Å². The van der Waals surface area contributed by atoms with Crippen LogP contribution in [-0.2, 0) is 10.0 Å². The molecule has 7 nitrogen and oxygen atoms in total. The molecule has 1 aromatic heterocycles. The smallest absolute Gasteiger partial charge is 0.266 e. The molecule has 0 saturated heterocycles. The summed E-state index contributed by atoms with van der Waals surface area (Å²) in [6.45, 7) is 3.77. The highest BCUT2D eigenvalue weighted by Gasteiger charge is 2.22. The van der Waals surface area contributed by atoms with Crippen LogP contribution in [-0.4, -0.2) is 31.8 Å². The maximum Gasteiger partial charge on any atom is 0.266 e. The Morgan fingerprint density at radius 2 is 1.63 bits per heavy atom. The van der Waals surface area contributed by atoms with Crippen molar-refractivity contribution in [2.24, 2.45) is 0 Å². The number of sulfonamides is 1. The van der Waals surface area contributed by atoms with Crippen LogP contribution in [0.1, 0.15) is 43.2 Å². The Morgan fingerprint density at radius 1 is 1.00 bits per heavy atom. The van der Waals surface area contributed by atoms with Crippen molar-refractivity contribution in [1.29, 1.82) is 0 Å². The lowest BCUT2D eigenvalue weighted by molar-refractivity contribution is 0.402. The molecule has 27 heavy (non-hydrogen) atoms. The van der Waals surface area contributed by atoms with Gasteiger partial charge >= 0.3 is 0 Å². The number of benzene rings is 1. The Bertz CT molecular complexity index is 892. The molecule has 8 heteroatoms. The number of ether oxygens (including phenoxy) is 1. The van der Waals surface area contributed by atoms with Gasteiger partial charge in [0, 0.05) is 6.04 Å². The van der Waals surface area contributed by atoms with Gasteiger partial charge in [-0.2, -0.15) is 0 Å². The first kappa shape index (κ1) is 19.4.